The summed E-state index contributed by atoms with van der Waals surface area (Å²) in [5.74, 6) is -2.77. The molecule has 3 fully saturated rings. The topological polar surface area (TPSA) is 90.4 Å². The number of carbonyl (C=O) groups excluding carboxylic acids is 3. The number of fused-ring (bicyclic) bond motifs is 2. The van der Waals surface area contributed by atoms with Gasteiger partial charge in [-0.1, -0.05) is 91.0 Å². The molecule has 0 aromatic heterocycles. The Balaban J connectivity index is 1.37. The van der Waals surface area contributed by atoms with Gasteiger partial charge in [-0.25, -0.2) is 0 Å². The van der Waals surface area contributed by atoms with Gasteiger partial charge in [0.2, 0.25) is 11.8 Å². The van der Waals surface area contributed by atoms with Gasteiger partial charge in [-0.3, -0.25) is 14.4 Å². The lowest BCUT2D eigenvalue weighted by Crippen LogP contribution is -2.57. The predicted octanol–water partition coefficient (Wildman–Crippen LogP) is 6.08. The molecule has 3 heterocycles. The van der Waals surface area contributed by atoms with Crippen molar-refractivity contribution in [3.8, 4) is 0 Å². The molecule has 49 heavy (non-hydrogen) atoms. The molecule has 4 aromatic carbocycles. The largest absolute Gasteiger partial charge is 0.394 e. The van der Waals surface area contributed by atoms with E-state index in [0.29, 0.717) is 29.8 Å². The lowest BCUT2D eigenvalue weighted by molar-refractivity contribution is -0.148. The summed E-state index contributed by atoms with van der Waals surface area (Å²) in [5.41, 5.74) is -0.241. The number of nitrogens with zero attached hydrogens (tertiary/aromatic N) is 3. The van der Waals surface area contributed by atoms with E-state index in [0.717, 1.165) is 10.8 Å². The number of benzene rings is 4. The zero-order valence-electron chi connectivity index (χ0n) is 27.7. The van der Waals surface area contributed by atoms with Gasteiger partial charge in [-0.15, -0.1) is 13.2 Å². The van der Waals surface area contributed by atoms with Crippen molar-refractivity contribution in [2.75, 3.05) is 29.5 Å². The molecule has 1 spiro atoms. The Hall–Kier alpha value is -5.05. The van der Waals surface area contributed by atoms with Gasteiger partial charge in [-0.2, -0.15) is 0 Å². The standard InChI is InChI=1S/C41H41N3O5/c1-4-24-42(31-18-10-7-11-19-31)37(46)34-35-38(47)44(33(27-45)29-15-8-6-9-16-29)36(41(35)23-22-40(34,3)49-41)39(48)43(25-5-2)32-21-20-28-14-12-13-17-30(28)26-32/h4-21,26,33-36,45H,1-2,22-25,27H2,3H3/t33-,34+,35+,36?,40-,41?/m1/s1. The van der Waals surface area contributed by atoms with Gasteiger partial charge in [0.25, 0.3) is 5.91 Å². The minimum Gasteiger partial charge on any atom is -0.394 e. The lowest BCUT2D eigenvalue weighted by Gasteiger charge is -2.39. The molecular weight excluding hydrogens is 614 g/mol. The van der Waals surface area contributed by atoms with Crippen molar-refractivity contribution in [2.24, 2.45) is 11.8 Å². The molecule has 8 heteroatoms. The van der Waals surface area contributed by atoms with Crippen LogP contribution in [0.3, 0.4) is 0 Å². The summed E-state index contributed by atoms with van der Waals surface area (Å²) >= 11 is 0. The van der Waals surface area contributed by atoms with Gasteiger partial charge in [0.15, 0.2) is 0 Å². The van der Waals surface area contributed by atoms with Crippen molar-refractivity contribution >= 4 is 39.9 Å². The number of para-hydroxylation sites is 1. The van der Waals surface area contributed by atoms with Crippen molar-refractivity contribution < 1.29 is 24.2 Å². The van der Waals surface area contributed by atoms with Crippen LogP contribution in [-0.4, -0.2) is 64.7 Å². The van der Waals surface area contributed by atoms with E-state index in [1.165, 1.54) is 4.90 Å². The maximum atomic E-state index is 15.3. The Kier molecular flexibility index (Phi) is 8.47. The SMILES string of the molecule is C=CCN(C(=O)C1N([C@H](CO)c2ccccc2)C(=O)[C@@H]2[C@@H](C(=O)N(CC=C)c3ccccc3)[C@@]3(C)CCC12O3)c1ccc2ccccc2c1. The summed E-state index contributed by atoms with van der Waals surface area (Å²) in [7, 11) is 0. The minimum atomic E-state index is -1.29. The van der Waals surface area contributed by atoms with Crippen LogP contribution in [-0.2, 0) is 19.1 Å². The third-order valence-corrected chi connectivity index (χ3v) is 10.7. The predicted molar refractivity (Wildman–Crippen MR) is 191 cm³/mol. The van der Waals surface area contributed by atoms with Crippen molar-refractivity contribution in [3.63, 3.8) is 0 Å². The Morgan fingerprint density at radius 1 is 0.857 bits per heavy atom. The maximum absolute atomic E-state index is 15.3. The highest BCUT2D eigenvalue weighted by Crippen LogP contribution is 2.64. The number of carbonyl (C=O) groups is 3. The van der Waals surface area contributed by atoms with Gasteiger partial charge in [-0.05, 0) is 60.4 Å². The first-order valence-electron chi connectivity index (χ1n) is 16.8. The number of amides is 3. The summed E-state index contributed by atoms with van der Waals surface area (Å²) in [6.07, 6.45) is 4.24. The third-order valence-electron chi connectivity index (χ3n) is 10.7. The third kappa shape index (κ3) is 5.18. The van der Waals surface area contributed by atoms with Crippen LogP contribution in [0.2, 0.25) is 0 Å². The lowest BCUT2D eigenvalue weighted by atomic mass is 9.66. The molecule has 2 unspecified atom stereocenters. The molecule has 3 saturated heterocycles. The summed E-state index contributed by atoms with van der Waals surface area (Å²) in [5, 5.41) is 12.9. The van der Waals surface area contributed by atoms with E-state index in [2.05, 4.69) is 13.2 Å². The van der Waals surface area contributed by atoms with Crippen LogP contribution in [0, 0.1) is 11.8 Å². The number of anilines is 2. The van der Waals surface area contributed by atoms with E-state index in [1.807, 2.05) is 110 Å². The molecule has 8 nitrogen and oxygen atoms in total. The summed E-state index contributed by atoms with van der Waals surface area (Å²) in [6.45, 7) is 9.75. The Labute approximate surface area is 286 Å². The number of rotatable bonds is 11. The van der Waals surface area contributed by atoms with Crippen LogP contribution >= 0.6 is 0 Å². The Morgan fingerprint density at radius 3 is 2.12 bits per heavy atom. The van der Waals surface area contributed by atoms with Crippen molar-refractivity contribution in [1.29, 1.82) is 0 Å². The fourth-order valence-electron chi connectivity index (χ4n) is 8.56. The second-order valence-corrected chi connectivity index (χ2v) is 13.4. The highest BCUT2D eigenvalue weighted by molar-refractivity contribution is 6.07. The van der Waals surface area contributed by atoms with Gasteiger partial charge < -0.3 is 24.5 Å². The van der Waals surface area contributed by atoms with E-state index in [9.17, 15) is 9.90 Å². The smallest absolute Gasteiger partial charge is 0.253 e. The van der Waals surface area contributed by atoms with Crippen molar-refractivity contribution in [1.82, 2.24) is 4.90 Å². The molecule has 0 aliphatic carbocycles. The van der Waals surface area contributed by atoms with Crippen LogP contribution < -0.4 is 9.80 Å². The molecule has 7 rings (SSSR count). The Bertz CT molecular complexity index is 1910. The van der Waals surface area contributed by atoms with Crippen molar-refractivity contribution in [3.05, 3.63) is 134 Å². The average molecular weight is 656 g/mol. The number of aliphatic hydroxyl groups is 1. The molecule has 0 radical (unpaired) electrons. The number of ether oxygens (including phenoxy) is 1. The van der Waals surface area contributed by atoms with Crippen LogP contribution in [0.4, 0.5) is 11.4 Å². The molecule has 3 amide bonds. The van der Waals surface area contributed by atoms with Gasteiger partial charge >= 0.3 is 0 Å². The van der Waals surface area contributed by atoms with Gasteiger partial charge in [0.1, 0.15) is 11.6 Å². The van der Waals surface area contributed by atoms with E-state index in [1.54, 1.807) is 22.0 Å². The van der Waals surface area contributed by atoms with E-state index >= 15 is 9.59 Å². The highest BCUT2D eigenvalue weighted by Gasteiger charge is 2.79. The van der Waals surface area contributed by atoms with Crippen LogP contribution in [0.25, 0.3) is 10.8 Å². The van der Waals surface area contributed by atoms with Gasteiger partial charge in [0, 0.05) is 24.5 Å². The summed E-state index contributed by atoms with van der Waals surface area (Å²) in [6, 6.07) is 30.4. The second kappa shape index (κ2) is 12.8. The average Bonchev–Trinajstić information content (AvgIpc) is 3.70. The first-order valence-corrected chi connectivity index (χ1v) is 16.8. The first kappa shape index (κ1) is 32.5. The fourth-order valence-corrected chi connectivity index (χ4v) is 8.56. The van der Waals surface area contributed by atoms with Gasteiger partial charge in [0.05, 0.1) is 30.1 Å². The van der Waals surface area contributed by atoms with E-state index < -0.39 is 41.7 Å². The monoisotopic (exact) mass is 655 g/mol. The number of hydrogen-bond acceptors (Lipinski definition) is 5. The fraction of sp³-hybridized carbons (Fsp3) is 0.293. The second-order valence-electron chi connectivity index (χ2n) is 13.4. The quantitative estimate of drug-likeness (QED) is 0.198. The van der Waals surface area contributed by atoms with E-state index in [-0.39, 0.29) is 30.8 Å². The first-order chi connectivity index (χ1) is 23.8. The molecule has 6 atom stereocenters. The highest BCUT2D eigenvalue weighted by atomic mass is 16.5. The summed E-state index contributed by atoms with van der Waals surface area (Å²) in [4.78, 5) is 49.9. The minimum absolute atomic E-state index is 0.187. The van der Waals surface area contributed by atoms with Crippen LogP contribution in [0.15, 0.2) is 128 Å². The number of aliphatic hydroxyl groups excluding tert-OH is 1. The molecular formula is C41H41N3O5. The van der Waals surface area contributed by atoms with Crippen LogP contribution in [0.1, 0.15) is 31.4 Å². The number of hydrogen-bond donors (Lipinski definition) is 1. The zero-order valence-corrected chi connectivity index (χ0v) is 27.7. The number of likely N-dealkylation sites (tertiary alicyclic amines) is 1. The molecule has 3 aliphatic heterocycles. The summed E-state index contributed by atoms with van der Waals surface area (Å²) < 4.78 is 6.98. The zero-order chi connectivity index (χ0) is 34.3. The van der Waals surface area contributed by atoms with Crippen molar-refractivity contribution in [2.45, 2.75) is 43.1 Å². The van der Waals surface area contributed by atoms with E-state index in [4.69, 9.17) is 4.74 Å². The Morgan fingerprint density at radius 2 is 1.47 bits per heavy atom. The molecule has 4 aromatic rings. The maximum Gasteiger partial charge on any atom is 0.253 e. The molecule has 3 aliphatic rings. The molecule has 0 saturated carbocycles. The normalized spacial score (nSPS) is 26.0. The molecule has 1 N–H and O–H groups in total. The molecule has 250 valence electrons. The molecule has 2 bridgehead atoms. The van der Waals surface area contributed by atoms with Crippen LogP contribution in [0.5, 0.6) is 0 Å².